The van der Waals surface area contributed by atoms with Gasteiger partial charge in [-0.05, 0) is 49.2 Å². The Morgan fingerprint density at radius 3 is 2.76 bits per heavy atom. The van der Waals surface area contributed by atoms with Gasteiger partial charge in [0, 0.05) is 23.3 Å². The summed E-state index contributed by atoms with van der Waals surface area (Å²) in [6, 6.07) is 11.5. The molecule has 2 amide bonds. The van der Waals surface area contributed by atoms with Crippen molar-refractivity contribution in [1.29, 1.82) is 0 Å². The zero-order valence-corrected chi connectivity index (χ0v) is 19.7. The molecule has 0 aliphatic heterocycles. The van der Waals surface area contributed by atoms with Crippen LogP contribution in [-0.2, 0) is 22.7 Å². The number of aromatic nitrogens is 3. The number of benzene rings is 2. The second-order valence-electron chi connectivity index (χ2n) is 7.01. The molecule has 3 aromatic rings. The molecule has 10 heteroatoms. The minimum absolute atomic E-state index is 0.0843. The van der Waals surface area contributed by atoms with Gasteiger partial charge in [-0.2, -0.15) is 0 Å². The van der Waals surface area contributed by atoms with Crippen LogP contribution in [0.15, 0.2) is 53.7 Å². The quantitative estimate of drug-likeness (QED) is 0.343. The van der Waals surface area contributed by atoms with Crippen molar-refractivity contribution in [3.05, 3.63) is 76.3 Å². The summed E-state index contributed by atoms with van der Waals surface area (Å²) in [7, 11) is 0. The summed E-state index contributed by atoms with van der Waals surface area (Å²) in [5.41, 5.74) is 1.95. The Kier molecular flexibility index (Phi) is 8.62. The number of thioether (sulfide) groups is 1. The molecule has 0 spiro atoms. The molecule has 0 atom stereocenters. The van der Waals surface area contributed by atoms with Gasteiger partial charge in [-0.25, -0.2) is 4.39 Å². The minimum atomic E-state index is -0.414. The van der Waals surface area contributed by atoms with Crippen molar-refractivity contribution < 1.29 is 14.0 Å². The minimum Gasteiger partial charge on any atom is -0.345 e. The van der Waals surface area contributed by atoms with E-state index in [2.05, 4.69) is 20.8 Å². The summed E-state index contributed by atoms with van der Waals surface area (Å²) in [6.07, 6.45) is 3.05. The number of nitrogens with one attached hydrogen (secondary N) is 2. The van der Waals surface area contributed by atoms with Crippen molar-refractivity contribution in [2.75, 3.05) is 11.1 Å². The summed E-state index contributed by atoms with van der Waals surface area (Å²) >= 11 is 7.30. The van der Waals surface area contributed by atoms with E-state index in [0.717, 1.165) is 11.1 Å². The van der Waals surface area contributed by atoms with Gasteiger partial charge in [-0.15, -0.1) is 10.2 Å². The van der Waals surface area contributed by atoms with Crippen LogP contribution < -0.4 is 10.6 Å². The summed E-state index contributed by atoms with van der Waals surface area (Å²) in [6.45, 7) is 4.47. The lowest BCUT2D eigenvalue weighted by molar-refractivity contribution is -0.116. The number of hydrogen-bond acceptors (Lipinski definition) is 5. The van der Waals surface area contributed by atoms with Gasteiger partial charge in [0.2, 0.25) is 11.8 Å². The molecule has 0 radical (unpaired) electrons. The average Bonchev–Trinajstić information content (AvgIpc) is 3.20. The van der Waals surface area contributed by atoms with Gasteiger partial charge in [-0.3, -0.25) is 9.59 Å². The van der Waals surface area contributed by atoms with Crippen LogP contribution in [0.1, 0.15) is 23.9 Å². The number of amides is 2. The van der Waals surface area contributed by atoms with Crippen molar-refractivity contribution >= 4 is 46.9 Å². The highest BCUT2D eigenvalue weighted by Crippen LogP contribution is 2.20. The normalized spacial score (nSPS) is 11.0. The Hall–Kier alpha value is -3.17. The molecule has 1 aromatic heterocycles. The lowest BCUT2D eigenvalue weighted by atomic mass is 10.2. The maximum atomic E-state index is 13.4. The molecule has 0 saturated carbocycles. The molecule has 7 nitrogen and oxygen atoms in total. The molecule has 3 rings (SSSR count). The molecule has 33 heavy (non-hydrogen) atoms. The van der Waals surface area contributed by atoms with E-state index >= 15 is 0 Å². The van der Waals surface area contributed by atoms with E-state index in [0.29, 0.717) is 28.2 Å². The van der Waals surface area contributed by atoms with E-state index in [1.54, 1.807) is 25.1 Å². The second kappa shape index (κ2) is 11.6. The molecule has 0 unspecified atom stereocenters. The fraction of sp³-hybridized carbons (Fsp3) is 0.217. The first-order valence-corrected chi connectivity index (χ1v) is 11.5. The SMILES string of the molecule is CCn1c(CNC(=O)/C=C/c2ccccc2Cl)nnc1SCC(=O)Nc1cc(F)ccc1C. The monoisotopic (exact) mass is 487 g/mol. The predicted molar refractivity (Wildman–Crippen MR) is 129 cm³/mol. The van der Waals surface area contributed by atoms with Gasteiger partial charge in [0.15, 0.2) is 11.0 Å². The zero-order valence-electron chi connectivity index (χ0n) is 18.1. The van der Waals surface area contributed by atoms with E-state index in [1.807, 2.05) is 29.7 Å². The number of carbonyl (C=O) groups is 2. The molecule has 172 valence electrons. The predicted octanol–water partition coefficient (Wildman–Crippen LogP) is 4.46. The Morgan fingerprint density at radius 1 is 1.21 bits per heavy atom. The Bertz CT molecular complexity index is 1180. The van der Waals surface area contributed by atoms with E-state index in [-0.39, 0.29) is 24.1 Å². The first kappa shape index (κ1) is 24.5. The number of aryl methyl sites for hydroxylation is 1. The van der Waals surface area contributed by atoms with Crippen molar-refractivity contribution in [2.45, 2.75) is 32.1 Å². The van der Waals surface area contributed by atoms with Gasteiger partial charge >= 0.3 is 0 Å². The topological polar surface area (TPSA) is 88.9 Å². The third-order valence-electron chi connectivity index (χ3n) is 4.66. The first-order valence-electron chi connectivity index (χ1n) is 10.2. The molecule has 0 saturated heterocycles. The number of carbonyl (C=O) groups excluding carboxylic acids is 2. The van der Waals surface area contributed by atoms with Gasteiger partial charge in [0.05, 0.1) is 12.3 Å². The smallest absolute Gasteiger partial charge is 0.244 e. The fourth-order valence-electron chi connectivity index (χ4n) is 2.92. The summed E-state index contributed by atoms with van der Waals surface area (Å²) in [5, 5.41) is 14.9. The van der Waals surface area contributed by atoms with Crippen molar-refractivity contribution in [3.8, 4) is 0 Å². The molecular weight excluding hydrogens is 465 g/mol. The molecule has 0 bridgehead atoms. The molecule has 0 fully saturated rings. The van der Waals surface area contributed by atoms with Crippen LogP contribution in [0.3, 0.4) is 0 Å². The molecule has 2 aromatic carbocycles. The molecule has 0 aliphatic rings. The third-order valence-corrected chi connectivity index (χ3v) is 5.97. The first-order chi connectivity index (χ1) is 15.9. The number of halogens is 2. The molecular formula is C23H23ClFN5O2S. The van der Waals surface area contributed by atoms with Crippen molar-refractivity contribution in [3.63, 3.8) is 0 Å². The summed E-state index contributed by atoms with van der Waals surface area (Å²) < 4.78 is 15.2. The van der Waals surface area contributed by atoms with Gasteiger partial charge in [0.25, 0.3) is 0 Å². The van der Waals surface area contributed by atoms with E-state index in [9.17, 15) is 14.0 Å². The number of nitrogens with zero attached hydrogens (tertiary/aromatic N) is 3. The van der Waals surface area contributed by atoms with Crippen LogP contribution in [0, 0.1) is 12.7 Å². The number of hydrogen-bond donors (Lipinski definition) is 2. The zero-order chi connectivity index (χ0) is 23.8. The largest absolute Gasteiger partial charge is 0.345 e. The number of anilines is 1. The number of rotatable bonds is 9. The highest BCUT2D eigenvalue weighted by atomic mass is 35.5. The Labute approximate surface area is 200 Å². The van der Waals surface area contributed by atoms with Crippen molar-refractivity contribution in [1.82, 2.24) is 20.1 Å². The molecule has 0 aliphatic carbocycles. The highest BCUT2D eigenvalue weighted by molar-refractivity contribution is 7.99. The van der Waals surface area contributed by atoms with Crippen LogP contribution >= 0.6 is 23.4 Å². The van der Waals surface area contributed by atoms with Crippen LogP contribution in [-0.4, -0.2) is 32.3 Å². The maximum absolute atomic E-state index is 13.4. The van der Waals surface area contributed by atoms with Crippen molar-refractivity contribution in [2.24, 2.45) is 0 Å². The van der Waals surface area contributed by atoms with Crippen LogP contribution in [0.4, 0.5) is 10.1 Å². The molecule has 2 N–H and O–H groups in total. The van der Waals surface area contributed by atoms with Gasteiger partial charge in [0.1, 0.15) is 5.82 Å². The van der Waals surface area contributed by atoms with Crippen LogP contribution in [0.2, 0.25) is 5.02 Å². The summed E-state index contributed by atoms with van der Waals surface area (Å²) in [4.78, 5) is 24.5. The second-order valence-corrected chi connectivity index (χ2v) is 8.36. The Morgan fingerprint density at radius 2 is 2.00 bits per heavy atom. The lowest BCUT2D eigenvalue weighted by Crippen LogP contribution is -2.22. The lowest BCUT2D eigenvalue weighted by Gasteiger charge is -2.09. The van der Waals surface area contributed by atoms with Crippen LogP contribution in [0.25, 0.3) is 6.08 Å². The molecule has 1 heterocycles. The fourth-order valence-corrected chi connectivity index (χ4v) is 3.94. The van der Waals surface area contributed by atoms with Crippen LogP contribution in [0.5, 0.6) is 0 Å². The summed E-state index contributed by atoms with van der Waals surface area (Å²) in [5.74, 6) is -0.330. The average molecular weight is 488 g/mol. The van der Waals surface area contributed by atoms with Gasteiger partial charge < -0.3 is 15.2 Å². The Balaban J connectivity index is 1.55. The maximum Gasteiger partial charge on any atom is 0.244 e. The van der Waals surface area contributed by atoms with E-state index in [1.165, 1.54) is 30.0 Å². The highest BCUT2D eigenvalue weighted by Gasteiger charge is 2.14. The van der Waals surface area contributed by atoms with Gasteiger partial charge in [-0.1, -0.05) is 47.6 Å². The van der Waals surface area contributed by atoms with E-state index in [4.69, 9.17) is 11.6 Å². The van der Waals surface area contributed by atoms with E-state index < -0.39 is 5.82 Å². The standard InChI is InChI=1S/C23H23ClFN5O2S/c1-3-30-20(13-26-21(31)11-9-16-6-4-5-7-18(16)24)28-29-23(30)33-14-22(32)27-19-12-17(25)10-8-15(19)2/h4-12H,3,13-14H2,1-2H3,(H,26,31)(H,27,32)/b11-9+. The third kappa shape index (κ3) is 6.90.